The van der Waals surface area contributed by atoms with Crippen LogP contribution < -0.4 is 10.6 Å². The molecule has 0 amide bonds. The van der Waals surface area contributed by atoms with E-state index < -0.39 is 5.82 Å². The van der Waals surface area contributed by atoms with E-state index >= 15 is 0 Å². The second-order valence-corrected chi connectivity index (χ2v) is 4.32. The van der Waals surface area contributed by atoms with Gasteiger partial charge in [0.15, 0.2) is 5.96 Å². The van der Waals surface area contributed by atoms with E-state index in [-0.39, 0.29) is 0 Å². The van der Waals surface area contributed by atoms with Gasteiger partial charge in [-0.25, -0.2) is 4.39 Å². The van der Waals surface area contributed by atoms with Gasteiger partial charge in [-0.05, 0) is 25.5 Å². The third-order valence-corrected chi connectivity index (χ3v) is 2.81. The lowest BCUT2D eigenvalue weighted by Gasteiger charge is -2.12. The Morgan fingerprint density at radius 3 is 2.86 bits per heavy atom. The summed E-state index contributed by atoms with van der Waals surface area (Å²) in [5.74, 6) is 0.212. The van der Waals surface area contributed by atoms with E-state index in [0.717, 1.165) is 13.0 Å². The minimum atomic E-state index is -0.395. The summed E-state index contributed by atoms with van der Waals surface area (Å²) < 4.78 is 19.0. The molecule has 0 fully saturated rings. The minimum absolute atomic E-state index is 0.308. The molecule has 0 radical (unpaired) electrons. The molecule has 0 unspecified atom stereocenters. The molecule has 0 aliphatic carbocycles. The van der Waals surface area contributed by atoms with Crippen molar-refractivity contribution in [3.05, 3.63) is 35.1 Å². The van der Waals surface area contributed by atoms with E-state index in [9.17, 15) is 4.39 Å². The smallest absolute Gasteiger partial charge is 0.191 e. The molecule has 5 nitrogen and oxygen atoms in total. The van der Waals surface area contributed by atoms with Gasteiger partial charge in [-0.15, -0.1) is 0 Å². The van der Waals surface area contributed by atoms with Crippen molar-refractivity contribution in [3.63, 3.8) is 0 Å². The summed E-state index contributed by atoms with van der Waals surface area (Å²) in [6.45, 7) is 4.41. The van der Waals surface area contributed by atoms with Gasteiger partial charge in [0.2, 0.25) is 0 Å². The number of hydrogen-bond donors (Lipinski definition) is 2. The van der Waals surface area contributed by atoms with E-state index in [1.807, 2.05) is 13.0 Å². The maximum Gasteiger partial charge on any atom is 0.191 e. The Labute approximate surface area is 124 Å². The van der Waals surface area contributed by atoms with Crippen molar-refractivity contribution in [2.45, 2.75) is 19.9 Å². The van der Waals surface area contributed by atoms with Gasteiger partial charge in [-0.2, -0.15) is 5.26 Å². The molecule has 1 aromatic rings. The molecule has 2 N–H and O–H groups in total. The lowest BCUT2D eigenvalue weighted by molar-refractivity contribution is 0.145. The number of nitriles is 1. The van der Waals surface area contributed by atoms with Crippen LogP contribution in [0.5, 0.6) is 0 Å². The predicted molar refractivity (Wildman–Crippen MR) is 80.4 cm³/mol. The monoisotopic (exact) mass is 292 g/mol. The molecule has 21 heavy (non-hydrogen) atoms. The number of ether oxygens (including phenoxy) is 1. The Hall–Kier alpha value is -2.13. The summed E-state index contributed by atoms with van der Waals surface area (Å²) in [6.07, 6.45) is 0.875. The van der Waals surface area contributed by atoms with Crippen molar-refractivity contribution in [1.82, 2.24) is 10.6 Å². The maximum absolute atomic E-state index is 13.7. The molecule has 0 spiro atoms. The lowest BCUT2D eigenvalue weighted by Crippen LogP contribution is -2.37. The van der Waals surface area contributed by atoms with E-state index in [0.29, 0.717) is 36.8 Å². The molecular formula is C15H21FN4O. The number of guanidine groups is 1. The lowest BCUT2D eigenvalue weighted by atomic mass is 10.1. The Morgan fingerprint density at radius 1 is 1.43 bits per heavy atom. The minimum Gasteiger partial charge on any atom is -0.382 e. The van der Waals surface area contributed by atoms with Crippen LogP contribution in [-0.2, 0) is 11.3 Å². The van der Waals surface area contributed by atoms with E-state index in [4.69, 9.17) is 10.00 Å². The number of hydrogen-bond acceptors (Lipinski definition) is 3. The molecule has 1 aromatic carbocycles. The number of nitrogens with zero attached hydrogens (tertiary/aromatic N) is 2. The van der Waals surface area contributed by atoms with Crippen LogP contribution in [0.4, 0.5) is 4.39 Å². The highest BCUT2D eigenvalue weighted by Gasteiger charge is 2.04. The summed E-state index contributed by atoms with van der Waals surface area (Å²) in [5.41, 5.74) is 0.806. The fraction of sp³-hybridized carbons (Fsp3) is 0.467. The standard InChI is InChI=1S/C15H21FN4O/c1-3-21-8-4-7-19-15(18-2)20-11-13-6-5-12(10-17)9-14(13)16/h5-6,9H,3-4,7-8,11H2,1-2H3,(H2,18,19,20). The molecule has 6 heteroatoms. The van der Waals surface area contributed by atoms with Crippen molar-refractivity contribution >= 4 is 5.96 Å². The number of nitrogens with one attached hydrogen (secondary N) is 2. The Bertz CT molecular complexity index is 511. The van der Waals surface area contributed by atoms with Crippen LogP contribution in [0, 0.1) is 17.1 Å². The number of aliphatic imine (C=N–C) groups is 1. The SMILES string of the molecule is CCOCCCNC(=NC)NCc1ccc(C#N)cc1F. The van der Waals surface area contributed by atoms with Crippen LogP contribution in [0.2, 0.25) is 0 Å². The van der Waals surface area contributed by atoms with E-state index in [1.165, 1.54) is 6.07 Å². The quantitative estimate of drug-likeness (QED) is 0.457. The van der Waals surface area contributed by atoms with Gasteiger partial charge in [0.05, 0.1) is 11.6 Å². The molecule has 1 rings (SSSR count). The Morgan fingerprint density at radius 2 is 2.24 bits per heavy atom. The van der Waals surface area contributed by atoms with Crippen molar-refractivity contribution in [2.24, 2.45) is 4.99 Å². The summed E-state index contributed by atoms with van der Waals surface area (Å²) in [7, 11) is 1.66. The van der Waals surface area contributed by atoms with Crippen LogP contribution in [-0.4, -0.2) is 32.8 Å². The number of benzene rings is 1. The van der Waals surface area contributed by atoms with Gasteiger partial charge in [-0.3, -0.25) is 4.99 Å². The number of halogens is 1. The zero-order valence-electron chi connectivity index (χ0n) is 12.4. The zero-order chi connectivity index (χ0) is 15.5. The maximum atomic E-state index is 13.7. The average Bonchev–Trinajstić information content (AvgIpc) is 2.51. The molecule has 0 aromatic heterocycles. The van der Waals surface area contributed by atoms with E-state index in [1.54, 1.807) is 19.2 Å². The van der Waals surface area contributed by atoms with Crippen molar-refractivity contribution < 1.29 is 9.13 Å². The van der Waals surface area contributed by atoms with Gasteiger partial charge in [0.25, 0.3) is 0 Å². The van der Waals surface area contributed by atoms with Crippen molar-refractivity contribution in [1.29, 1.82) is 5.26 Å². The summed E-state index contributed by atoms with van der Waals surface area (Å²) in [6, 6.07) is 6.33. The first-order chi connectivity index (χ1) is 10.2. The third-order valence-electron chi connectivity index (χ3n) is 2.81. The van der Waals surface area contributed by atoms with Crippen LogP contribution in [0.15, 0.2) is 23.2 Å². The summed E-state index contributed by atoms with van der Waals surface area (Å²) in [5, 5.41) is 14.9. The molecule has 0 saturated heterocycles. The molecule has 114 valence electrons. The highest BCUT2D eigenvalue weighted by atomic mass is 19.1. The van der Waals surface area contributed by atoms with E-state index in [2.05, 4.69) is 15.6 Å². The molecule has 0 atom stereocenters. The zero-order valence-corrected chi connectivity index (χ0v) is 12.4. The highest BCUT2D eigenvalue weighted by Crippen LogP contribution is 2.09. The first-order valence-corrected chi connectivity index (χ1v) is 6.92. The topological polar surface area (TPSA) is 69.4 Å². The normalized spacial score (nSPS) is 11.0. The molecule has 0 bridgehead atoms. The first-order valence-electron chi connectivity index (χ1n) is 6.92. The summed E-state index contributed by atoms with van der Waals surface area (Å²) >= 11 is 0. The first kappa shape index (κ1) is 16.9. The van der Waals surface area contributed by atoms with Crippen LogP contribution >= 0.6 is 0 Å². The highest BCUT2D eigenvalue weighted by molar-refractivity contribution is 5.79. The van der Waals surface area contributed by atoms with Crippen LogP contribution in [0.3, 0.4) is 0 Å². The number of rotatable bonds is 7. The van der Waals surface area contributed by atoms with Gasteiger partial charge in [0, 0.05) is 38.9 Å². The molecule has 0 heterocycles. The molecular weight excluding hydrogens is 271 g/mol. The Kier molecular flexibility index (Phi) is 7.84. The average molecular weight is 292 g/mol. The van der Waals surface area contributed by atoms with Gasteiger partial charge in [-0.1, -0.05) is 6.07 Å². The second-order valence-electron chi connectivity index (χ2n) is 4.32. The van der Waals surface area contributed by atoms with Crippen LogP contribution in [0.1, 0.15) is 24.5 Å². The molecule has 0 aliphatic rings. The fourth-order valence-electron chi connectivity index (χ4n) is 1.69. The summed E-state index contributed by atoms with van der Waals surface area (Å²) in [4.78, 5) is 4.06. The largest absolute Gasteiger partial charge is 0.382 e. The van der Waals surface area contributed by atoms with Crippen molar-refractivity contribution in [2.75, 3.05) is 26.8 Å². The van der Waals surface area contributed by atoms with Gasteiger partial charge >= 0.3 is 0 Å². The van der Waals surface area contributed by atoms with Crippen molar-refractivity contribution in [3.8, 4) is 6.07 Å². The van der Waals surface area contributed by atoms with Crippen LogP contribution in [0.25, 0.3) is 0 Å². The second kappa shape index (κ2) is 9.72. The Balaban J connectivity index is 2.40. The fourth-order valence-corrected chi connectivity index (χ4v) is 1.69. The third kappa shape index (κ3) is 6.23. The predicted octanol–water partition coefficient (Wildman–Crippen LogP) is 1.79. The van der Waals surface area contributed by atoms with Gasteiger partial charge in [0.1, 0.15) is 5.82 Å². The molecule has 0 aliphatic heterocycles. The molecule has 0 saturated carbocycles. The van der Waals surface area contributed by atoms with Gasteiger partial charge < -0.3 is 15.4 Å².